The van der Waals surface area contributed by atoms with Crippen molar-refractivity contribution in [3.63, 3.8) is 0 Å². The molecule has 0 radical (unpaired) electrons. The molecule has 2 aromatic carbocycles. The molecule has 0 aliphatic carbocycles. The monoisotopic (exact) mass is 414 g/mol. The van der Waals surface area contributed by atoms with E-state index in [0.717, 1.165) is 24.2 Å². The number of ether oxygens (including phenoxy) is 2. The summed E-state index contributed by atoms with van der Waals surface area (Å²) in [6.45, 7) is -0.615. The smallest absolute Gasteiger partial charge is 0.387 e. The predicted octanol–water partition coefficient (Wildman–Crippen LogP) is 2.96. The number of ketones is 1. The topological polar surface area (TPSA) is 78.3 Å². The molecule has 156 valence electrons. The maximum absolute atomic E-state index is 12.6. The number of nitrogens with one attached hydrogen (secondary N) is 1. The number of hydrogen-bond acceptors (Lipinski definition) is 6. The van der Waals surface area contributed by atoms with Gasteiger partial charge in [0.25, 0.3) is 0 Å². The van der Waals surface area contributed by atoms with Crippen molar-refractivity contribution in [2.75, 3.05) is 19.7 Å². The first kappa shape index (κ1) is 20.1. The minimum Gasteiger partial charge on any atom is -0.435 e. The fourth-order valence-corrected chi connectivity index (χ4v) is 3.23. The molecule has 7 nitrogen and oxygen atoms in total. The summed E-state index contributed by atoms with van der Waals surface area (Å²) in [4.78, 5) is 12.6. The van der Waals surface area contributed by atoms with E-state index < -0.39 is 6.61 Å². The summed E-state index contributed by atoms with van der Waals surface area (Å²) in [7, 11) is 0. The van der Waals surface area contributed by atoms with Crippen LogP contribution in [-0.4, -0.2) is 47.1 Å². The minimum absolute atomic E-state index is 0.00288. The lowest BCUT2D eigenvalue weighted by Gasteiger charge is -2.24. The number of halogens is 2. The molecule has 1 aromatic heterocycles. The van der Waals surface area contributed by atoms with Crippen LogP contribution in [0.5, 0.6) is 5.75 Å². The molecule has 30 heavy (non-hydrogen) atoms. The molecule has 1 saturated heterocycles. The van der Waals surface area contributed by atoms with Gasteiger partial charge in [-0.15, -0.1) is 5.10 Å². The molecule has 0 spiro atoms. The number of carbonyl (C=O) groups excluding carboxylic acids is 1. The average Bonchev–Trinajstić information content (AvgIpc) is 3.25. The van der Waals surface area contributed by atoms with Crippen LogP contribution in [0.15, 0.2) is 54.7 Å². The summed E-state index contributed by atoms with van der Waals surface area (Å²) < 4.78 is 36.2. The number of morpholine rings is 1. The van der Waals surface area contributed by atoms with Crippen molar-refractivity contribution in [2.24, 2.45) is 0 Å². The van der Waals surface area contributed by atoms with Crippen LogP contribution in [0, 0.1) is 0 Å². The van der Waals surface area contributed by atoms with E-state index in [0.29, 0.717) is 12.3 Å². The Hall–Kier alpha value is -3.17. The predicted molar refractivity (Wildman–Crippen MR) is 104 cm³/mol. The molecular weight excluding hydrogens is 394 g/mol. The molecule has 0 saturated carbocycles. The number of carbonyl (C=O) groups is 1. The molecular formula is C21H20F2N4O3. The molecule has 1 aliphatic heterocycles. The number of aromatic nitrogens is 3. The number of benzene rings is 2. The second-order valence-electron chi connectivity index (χ2n) is 6.83. The van der Waals surface area contributed by atoms with Crippen molar-refractivity contribution in [1.29, 1.82) is 0 Å². The van der Waals surface area contributed by atoms with Gasteiger partial charge < -0.3 is 14.8 Å². The van der Waals surface area contributed by atoms with E-state index >= 15 is 0 Å². The number of rotatable bonds is 7. The molecule has 1 fully saturated rings. The molecule has 0 amide bonds. The van der Waals surface area contributed by atoms with Crippen molar-refractivity contribution in [1.82, 2.24) is 20.3 Å². The Bertz CT molecular complexity index is 1000. The van der Waals surface area contributed by atoms with Gasteiger partial charge in [-0.1, -0.05) is 35.5 Å². The van der Waals surface area contributed by atoms with E-state index in [-0.39, 0.29) is 29.8 Å². The number of hydrogen-bond donors (Lipinski definition) is 1. The zero-order chi connectivity index (χ0) is 20.9. The zero-order valence-electron chi connectivity index (χ0n) is 16.0. The van der Waals surface area contributed by atoms with Gasteiger partial charge in [0.15, 0.2) is 5.78 Å². The molecule has 4 rings (SSSR count). The summed E-state index contributed by atoms with van der Waals surface area (Å²) in [6.07, 6.45) is 1.67. The highest BCUT2D eigenvalue weighted by molar-refractivity contribution is 5.95. The van der Waals surface area contributed by atoms with Crippen molar-refractivity contribution in [2.45, 2.75) is 19.1 Å². The van der Waals surface area contributed by atoms with Gasteiger partial charge in [0.1, 0.15) is 11.4 Å². The van der Waals surface area contributed by atoms with Crippen LogP contribution in [0.25, 0.3) is 5.69 Å². The second-order valence-corrected chi connectivity index (χ2v) is 6.83. The highest BCUT2D eigenvalue weighted by Gasteiger charge is 2.17. The van der Waals surface area contributed by atoms with Crippen LogP contribution in [0.2, 0.25) is 0 Å². The third-order valence-electron chi connectivity index (χ3n) is 4.73. The van der Waals surface area contributed by atoms with E-state index in [4.69, 9.17) is 4.74 Å². The molecule has 0 bridgehead atoms. The normalized spacial score (nSPS) is 16.6. The van der Waals surface area contributed by atoms with Gasteiger partial charge in [-0.2, -0.15) is 8.78 Å². The summed E-state index contributed by atoms with van der Waals surface area (Å²) in [5.74, 6) is -0.187. The van der Waals surface area contributed by atoms with E-state index in [9.17, 15) is 13.6 Å². The third-order valence-corrected chi connectivity index (χ3v) is 4.73. The first-order chi connectivity index (χ1) is 14.6. The highest BCUT2D eigenvalue weighted by Crippen LogP contribution is 2.20. The third kappa shape index (κ3) is 4.87. The Kier molecular flexibility index (Phi) is 6.10. The van der Waals surface area contributed by atoms with Crippen LogP contribution in [0.1, 0.15) is 27.7 Å². The standard InChI is InChI=1S/C21H20F2N4O3/c22-21(23)30-17-3-1-2-16(11-17)27-13-18(25-26-27)19(28)10-14-4-6-15(7-5-14)20-12-24-8-9-29-20/h1-7,11,13,20-21,24H,8-10,12H2/t20-/m1/s1. The summed E-state index contributed by atoms with van der Waals surface area (Å²) in [5.41, 5.74) is 2.58. The Labute approximate surface area is 171 Å². The van der Waals surface area contributed by atoms with Gasteiger partial charge in [-0.3, -0.25) is 4.79 Å². The van der Waals surface area contributed by atoms with E-state index in [1.165, 1.54) is 23.0 Å². The number of Topliss-reactive ketones (excluding diaryl/α,β-unsaturated/α-hetero) is 1. The molecule has 1 atom stereocenters. The van der Waals surface area contributed by atoms with Gasteiger partial charge in [0.2, 0.25) is 0 Å². The van der Waals surface area contributed by atoms with Crippen LogP contribution >= 0.6 is 0 Å². The zero-order valence-corrected chi connectivity index (χ0v) is 16.0. The van der Waals surface area contributed by atoms with Crippen molar-refractivity contribution >= 4 is 5.78 Å². The molecule has 0 unspecified atom stereocenters. The first-order valence-electron chi connectivity index (χ1n) is 9.50. The summed E-state index contributed by atoms with van der Waals surface area (Å²) in [6, 6.07) is 13.8. The fourth-order valence-electron chi connectivity index (χ4n) is 3.23. The van der Waals surface area contributed by atoms with E-state index in [1.807, 2.05) is 24.3 Å². The SMILES string of the molecule is O=C(Cc1ccc([C@H]2CNCCO2)cc1)c1cn(-c2cccc(OC(F)F)c2)nn1. The summed E-state index contributed by atoms with van der Waals surface area (Å²) >= 11 is 0. The Balaban J connectivity index is 1.42. The van der Waals surface area contributed by atoms with Gasteiger partial charge in [-0.25, -0.2) is 4.68 Å². The Morgan fingerprint density at radius 3 is 2.83 bits per heavy atom. The maximum Gasteiger partial charge on any atom is 0.387 e. The lowest BCUT2D eigenvalue weighted by Crippen LogP contribution is -2.33. The lowest BCUT2D eigenvalue weighted by molar-refractivity contribution is -0.0498. The van der Waals surface area contributed by atoms with Crippen LogP contribution in [0.3, 0.4) is 0 Å². The van der Waals surface area contributed by atoms with Crippen molar-refractivity contribution in [3.8, 4) is 11.4 Å². The van der Waals surface area contributed by atoms with Gasteiger partial charge in [0, 0.05) is 25.6 Å². The molecule has 1 N–H and O–H groups in total. The van der Waals surface area contributed by atoms with Crippen molar-refractivity contribution < 1.29 is 23.0 Å². The largest absolute Gasteiger partial charge is 0.435 e. The molecule has 9 heteroatoms. The summed E-state index contributed by atoms with van der Waals surface area (Å²) in [5, 5.41) is 11.1. The number of alkyl halides is 2. The van der Waals surface area contributed by atoms with Gasteiger partial charge in [0.05, 0.1) is 24.6 Å². The van der Waals surface area contributed by atoms with Gasteiger partial charge >= 0.3 is 6.61 Å². The van der Waals surface area contributed by atoms with E-state index in [1.54, 1.807) is 12.1 Å². The van der Waals surface area contributed by atoms with Crippen LogP contribution in [0.4, 0.5) is 8.78 Å². The molecule has 3 aromatic rings. The average molecular weight is 414 g/mol. The second kappa shape index (κ2) is 9.10. The quantitative estimate of drug-likeness (QED) is 0.599. The van der Waals surface area contributed by atoms with Crippen LogP contribution < -0.4 is 10.1 Å². The first-order valence-corrected chi connectivity index (χ1v) is 9.50. The maximum atomic E-state index is 12.6. The Morgan fingerprint density at radius 2 is 2.10 bits per heavy atom. The molecule has 1 aliphatic rings. The fraction of sp³-hybridized carbons (Fsp3) is 0.286. The highest BCUT2D eigenvalue weighted by atomic mass is 19.3. The lowest BCUT2D eigenvalue weighted by atomic mass is 10.0. The van der Waals surface area contributed by atoms with E-state index in [2.05, 4.69) is 20.4 Å². The Morgan fingerprint density at radius 1 is 1.27 bits per heavy atom. The van der Waals surface area contributed by atoms with Gasteiger partial charge in [-0.05, 0) is 23.3 Å². The van der Waals surface area contributed by atoms with Crippen LogP contribution in [-0.2, 0) is 11.2 Å². The van der Waals surface area contributed by atoms with Crippen molar-refractivity contribution in [3.05, 3.63) is 71.5 Å². The molecule has 2 heterocycles. The minimum atomic E-state index is -2.92. The number of nitrogens with zero attached hydrogens (tertiary/aromatic N) is 3.